The van der Waals surface area contributed by atoms with Gasteiger partial charge < -0.3 is 15.2 Å². The lowest BCUT2D eigenvalue weighted by Crippen LogP contribution is -2.28. The van der Waals surface area contributed by atoms with Crippen LogP contribution in [0.2, 0.25) is 0 Å². The molecule has 0 radical (unpaired) electrons. The van der Waals surface area contributed by atoms with E-state index in [-0.39, 0.29) is 24.5 Å². The van der Waals surface area contributed by atoms with Gasteiger partial charge in [-0.1, -0.05) is 180 Å². The maximum Gasteiger partial charge on any atom is 0.322 e. The zero-order valence-corrected chi connectivity index (χ0v) is 31.9. The summed E-state index contributed by atoms with van der Waals surface area (Å²) in [4.78, 5) is 34.9. The lowest BCUT2D eigenvalue weighted by molar-refractivity contribution is -0.147. The van der Waals surface area contributed by atoms with Crippen LogP contribution in [0, 0.1) is 0 Å². The van der Waals surface area contributed by atoms with Gasteiger partial charge >= 0.3 is 11.9 Å². The van der Waals surface area contributed by atoms with Crippen LogP contribution in [0.4, 0.5) is 0 Å². The zero-order chi connectivity index (χ0) is 35.2. The Bertz CT molecular complexity index is 752. The van der Waals surface area contributed by atoms with E-state index in [1.165, 1.54) is 135 Å². The van der Waals surface area contributed by atoms with Crippen LogP contribution < -0.4 is 5.32 Å². The number of unbranched alkanes of at least 4 members (excludes halogenated alkanes) is 27. The molecule has 0 aromatic heterocycles. The van der Waals surface area contributed by atoms with Crippen molar-refractivity contribution in [3.63, 3.8) is 0 Å². The number of rotatable bonds is 38. The van der Waals surface area contributed by atoms with Crippen molar-refractivity contribution >= 4 is 17.8 Å². The molecular formula is C42H79NO5. The van der Waals surface area contributed by atoms with Gasteiger partial charge in [-0.05, 0) is 44.6 Å². The van der Waals surface area contributed by atoms with Crippen LogP contribution >= 0.6 is 0 Å². The number of carboxylic acids is 1. The molecule has 48 heavy (non-hydrogen) atoms. The first-order valence-corrected chi connectivity index (χ1v) is 20.8. The SMILES string of the molecule is CCCCCCCCC/C=C\C(CCCCCCCCC(=O)NCC(=O)O)OC(=O)CCCCCCCCCCCCCCCCCC. The fourth-order valence-electron chi connectivity index (χ4n) is 6.31. The minimum absolute atomic E-state index is 0.0490. The number of amides is 1. The fourth-order valence-corrected chi connectivity index (χ4v) is 6.31. The van der Waals surface area contributed by atoms with E-state index < -0.39 is 5.97 Å². The highest BCUT2D eigenvalue weighted by Gasteiger charge is 2.12. The number of carbonyl (C=O) groups excluding carboxylic acids is 2. The van der Waals surface area contributed by atoms with E-state index in [0.717, 1.165) is 64.2 Å². The second kappa shape index (κ2) is 38.0. The number of nitrogens with one attached hydrogen (secondary N) is 1. The summed E-state index contributed by atoms with van der Waals surface area (Å²) < 4.78 is 5.95. The van der Waals surface area contributed by atoms with Gasteiger partial charge in [0.05, 0.1) is 0 Å². The summed E-state index contributed by atoms with van der Waals surface area (Å²) in [6.07, 6.45) is 43.5. The van der Waals surface area contributed by atoms with Gasteiger partial charge in [0.2, 0.25) is 5.91 Å². The number of allylic oxidation sites excluding steroid dienone is 1. The van der Waals surface area contributed by atoms with Crippen LogP contribution in [0.25, 0.3) is 0 Å². The van der Waals surface area contributed by atoms with E-state index in [9.17, 15) is 14.4 Å². The molecule has 6 nitrogen and oxygen atoms in total. The van der Waals surface area contributed by atoms with E-state index in [1.54, 1.807) is 0 Å². The minimum Gasteiger partial charge on any atom is -0.480 e. The Labute approximate surface area is 297 Å². The van der Waals surface area contributed by atoms with Gasteiger partial charge in [-0.25, -0.2) is 0 Å². The van der Waals surface area contributed by atoms with E-state index >= 15 is 0 Å². The quantitative estimate of drug-likeness (QED) is 0.0385. The summed E-state index contributed by atoms with van der Waals surface area (Å²) in [5, 5.41) is 11.1. The molecule has 2 N–H and O–H groups in total. The highest BCUT2D eigenvalue weighted by atomic mass is 16.5. The summed E-state index contributed by atoms with van der Waals surface area (Å²) >= 11 is 0. The van der Waals surface area contributed by atoms with Gasteiger partial charge in [-0.2, -0.15) is 0 Å². The molecule has 6 heteroatoms. The summed E-state index contributed by atoms with van der Waals surface area (Å²) in [6, 6.07) is 0. The molecule has 1 amide bonds. The smallest absolute Gasteiger partial charge is 0.322 e. The van der Waals surface area contributed by atoms with Gasteiger partial charge in [0, 0.05) is 12.8 Å². The lowest BCUT2D eigenvalue weighted by atomic mass is 10.0. The molecule has 1 unspecified atom stereocenters. The molecule has 0 aliphatic heterocycles. The Morgan fingerprint density at radius 2 is 0.938 bits per heavy atom. The van der Waals surface area contributed by atoms with Crippen LogP contribution in [-0.2, 0) is 19.1 Å². The van der Waals surface area contributed by atoms with Crippen LogP contribution in [0.3, 0.4) is 0 Å². The average Bonchev–Trinajstić information content (AvgIpc) is 3.07. The molecule has 0 aliphatic carbocycles. The third-order valence-corrected chi connectivity index (χ3v) is 9.42. The van der Waals surface area contributed by atoms with E-state index in [0.29, 0.717) is 12.8 Å². The summed E-state index contributed by atoms with van der Waals surface area (Å²) in [5.41, 5.74) is 0. The number of ether oxygens (including phenoxy) is 1. The van der Waals surface area contributed by atoms with Crippen LogP contribution in [0.15, 0.2) is 12.2 Å². The fraction of sp³-hybridized carbons (Fsp3) is 0.881. The first-order valence-electron chi connectivity index (χ1n) is 20.8. The largest absolute Gasteiger partial charge is 0.480 e. The predicted molar refractivity (Wildman–Crippen MR) is 203 cm³/mol. The molecule has 0 saturated carbocycles. The number of esters is 1. The summed E-state index contributed by atoms with van der Waals surface area (Å²) in [7, 11) is 0. The van der Waals surface area contributed by atoms with Crippen molar-refractivity contribution in [1.82, 2.24) is 5.32 Å². The van der Waals surface area contributed by atoms with Crippen molar-refractivity contribution < 1.29 is 24.2 Å². The van der Waals surface area contributed by atoms with Gasteiger partial charge in [0.25, 0.3) is 0 Å². The van der Waals surface area contributed by atoms with E-state index in [2.05, 4.69) is 31.3 Å². The molecule has 0 rings (SSSR count). The van der Waals surface area contributed by atoms with Gasteiger partial charge in [-0.3, -0.25) is 14.4 Å². The zero-order valence-electron chi connectivity index (χ0n) is 31.9. The molecule has 0 aliphatic rings. The summed E-state index contributed by atoms with van der Waals surface area (Å²) in [5.74, 6) is -1.25. The van der Waals surface area contributed by atoms with Crippen molar-refractivity contribution in [2.24, 2.45) is 0 Å². The standard InChI is InChI=1S/C42H79NO5/c1-3-5-7-9-11-13-14-15-16-17-18-19-21-23-29-33-37-42(47)48-39(34-30-26-22-20-12-10-8-6-4-2)35-31-27-24-25-28-32-36-40(44)43-38-41(45)46/h30,34,39H,3-29,31-33,35-38H2,1-2H3,(H,43,44)(H,45,46)/b34-30-. The Balaban J connectivity index is 4.10. The number of aliphatic carboxylic acids is 1. The molecule has 0 spiro atoms. The molecular weight excluding hydrogens is 598 g/mol. The second-order valence-electron chi connectivity index (χ2n) is 14.3. The number of carbonyl (C=O) groups is 3. The third kappa shape index (κ3) is 37.0. The Kier molecular flexibility index (Phi) is 36.5. The summed E-state index contributed by atoms with van der Waals surface area (Å²) in [6.45, 7) is 4.23. The highest BCUT2D eigenvalue weighted by Crippen LogP contribution is 2.17. The molecule has 0 fully saturated rings. The molecule has 1 atom stereocenters. The minimum atomic E-state index is -1.01. The first-order chi connectivity index (χ1) is 23.5. The second-order valence-corrected chi connectivity index (χ2v) is 14.3. The van der Waals surface area contributed by atoms with Gasteiger partial charge in [0.15, 0.2) is 0 Å². The lowest BCUT2D eigenvalue weighted by Gasteiger charge is -2.15. The number of carboxylic acid groups (broad SMARTS) is 1. The van der Waals surface area contributed by atoms with Crippen molar-refractivity contribution in [3.8, 4) is 0 Å². The highest BCUT2D eigenvalue weighted by molar-refractivity contribution is 5.80. The molecule has 0 saturated heterocycles. The maximum atomic E-state index is 12.7. The topological polar surface area (TPSA) is 92.7 Å². The van der Waals surface area contributed by atoms with Crippen LogP contribution in [-0.4, -0.2) is 35.6 Å². The predicted octanol–water partition coefficient (Wildman–Crippen LogP) is 12.6. The molecule has 0 aromatic carbocycles. The van der Waals surface area contributed by atoms with Gasteiger partial charge in [-0.15, -0.1) is 0 Å². The van der Waals surface area contributed by atoms with Crippen molar-refractivity contribution in [1.29, 1.82) is 0 Å². The van der Waals surface area contributed by atoms with Crippen molar-refractivity contribution in [2.45, 2.75) is 232 Å². The number of hydrogen-bond donors (Lipinski definition) is 2. The Morgan fingerprint density at radius 3 is 1.40 bits per heavy atom. The van der Waals surface area contributed by atoms with Crippen molar-refractivity contribution in [2.75, 3.05) is 6.54 Å². The first kappa shape index (κ1) is 46.1. The average molecular weight is 678 g/mol. The van der Waals surface area contributed by atoms with Crippen LogP contribution in [0.5, 0.6) is 0 Å². The van der Waals surface area contributed by atoms with Crippen LogP contribution in [0.1, 0.15) is 226 Å². The molecule has 0 heterocycles. The van der Waals surface area contributed by atoms with Gasteiger partial charge in [0.1, 0.15) is 12.6 Å². The monoisotopic (exact) mass is 678 g/mol. The van der Waals surface area contributed by atoms with E-state index in [4.69, 9.17) is 9.84 Å². The normalized spacial score (nSPS) is 12.0. The maximum absolute atomic E-state index is 12.7. The third-order valence-electron chi connectivity index (χ3n) is 9.42. The molecule has 0 aromatic rings. The molecule has 0 bridgehead atoms. The Morgan fingerprint density at radius 1 is 0.542 bits per heavy atom. The molecule has 282 valence electrons. The van der Waals surface area contributed by atoms with Crippen molar-refractivity contribution in [3.05, 3.63) is 12.2 Å². The Hall–Kier alpha value is -1.85. The number of hydrogen-bond acceptors (Lipinski definition) is 4. The van der Waals surface area contributed by atoms with E-state index in [1.807, 2.05) is 0 Å².